The summed E-state index contributed by atoms with van der Waals surface area (Å²) in [5.41, 5.74) is 3.20. The van der Waals surface area contributed by atoms with Gasteiger partial charge in [-0.3, -0.25) is 0 Å². The van der Waals surface area contributed by atoms with E-state index in [0.717, 1.165) is 30.9 Å². The van der Waals surface area contributed by atoms with Crippen LogP contribution in [0.2, 0.25) is 0 Å². The van der Waals surface area contributed by atoms with Crippen molar-refractivity contribution in [3.63, 3.8) is 0 Å². The summed E-state index contributed by atoms with van der Waals surface area (Å²) >= 11 is 0. The van der Waals surface area contributed by atoms with Crippen LogP contribution in [-0.4, -0.2) is 25.3 Å². The Balaban J connectivity index is 1.70. The highest BCUT2D eigenvalue weighted by Crippen LogP contribution is 2.61. The Kier molecular flexibility index (Phi) is 4.66. The zero-order valence-electron chi connectivity index (χ0n) is 13.6. The molecular formula is C19H29NO. The van der Waals surface area contributed by atoms with Gasteiger partial charge in [0.1, 0.15) is 0 Å². The van der Waals surface area contributed by atoms with Gasteiger partial charge in [-0.2, -0.15) is 0 Å². The van der Waals surface area contributed by atoms with Crippen molar-refractivity contribution in [2.45, 2.75) is 58.1 Å². The molecule has 2 heteroatoms. The van der Waals surface area contributed by atoms with Crippen molar-refractivity contribution in [1.29, 1.82) is 0 Å². The molecule has 1 N–H and O–H groups in total. The SMILES string of the molecule is CCCNC(COC(C)C)C1C2CCc3ccccc3C21. The van der Waals surface area contributed by atoms with Crippen molar-refractivity contribution in [3.8, 4) is 0 Å². The average molecular weight is 287 g/mol. The average Bonchev–Trinajstić information content (AvgIpc) is 3.22. The zero-order chi connectivity index (χ0) is 14.8. The third-order valence-electron chi connectivity index (χ3n) is 5.12. The second-order valence-electron chi connectivity index (χ2n) is 6.95. The fraction of sp³-hybridized carbons (Fsp3) is 0.684. The molecular weight excluding hydrogens is 258 g/mol. The van der Waals surface area contributed by atoms with Crippen molar-refractivity contribution < 1.29 is 4.74 Å². The predicted octanol–water partition coefficient (Wildman–Crippen LogP) is 3.76. The molecule has 2 nitrogen and oxygen atoms in total. The van der Waals surface area contributed by atoms with E-state index in [9.17, 15) is 0 Å². The Labute approximate surface area is 129 Å². The highest BCUT2D eigenvalue weighted by atomic mass is 16.5. The molecule has 3 rings (SSSR count). The van der Waals surface area contributed by atoms with Crippen molar-refractivity contribution >= 4 is 0 Å². The molecule has 1 saturated carbocycles. The summed E-state index contributed by atoms with van der Waals surface area (Å²) in [7, 11) is 0. The van der Waals surface area contributed by atoms with E-state index in [2.05, 4.69) is 50.4 Å². The van der Waals surface area contributed by atoms with Crippen LogP contribution in [0.25, 0.3) is 0 Å². The monoisotopic (exact) mass is 287 g/mol. The first-order valence-electron chi connectivity index (χ1n) is 8.65. The molecule has 0 bridgehead atoms. The van der Waals surface area contributed by atoms with Gasteiger partial charge in [0, 0.05) is 6.04 Å². The Bertz CT molecular complexity index is 470. The van der Waals surface area contributed by atoms with Crippen LogP contribution < -0.4 is 5.32 Å². The molecule has 0 amide bonds. The highest BCUT2D eigenvalue weighted by molar-refractivity contribution is 5.40. The number of benzene rings is 1. The minimum Gasteiger partial charge on any atom is -0.377 e. The van der Waals surface area contributed by atoms with Crippen LogP contribution in [-0.2, 0) is 11.2 Å². The maximum atomic E-state index is 5.93. The van der Waals surface area contributed by atoms with Gasteiger partial charge in [-0.05, 0) is 68.5 Å². The summed E-state index contributed by atoms with van der Waals surface area (Å²) in [4.78, 5) is 0. The molecule has 0 aromatic heterocycles. The fourth-order valence-electron chi connectivity index (χ4n) is 4.10. The summed E-state index contributed by atoms with van der Waals surface area (Å²) in [5, 5.41) is 3.75. The number of hydrogen-bond donors (Lipinski definition) is 1. The van der Waals surface area contributed by atoms with E-state index in [1.807, 2.05) is 0 Å². The molecule has 116 valence electrons. The Morgan fingerprint density at radius 2 is 2.10 bits per heavy atom. The number of fused-ring (bicyclic) bond motifs is 3. The third kappa shape index (κ3) is 3.17. The summed E-state index contributed by atoms with van der Waals surface area (Å²) in [6, 6.07) is 9.58. The van der Waals surface area contributed by atoms with E-state index in [1.165, 1.54) is 19.3 Å². The summed E-state index contributed by atoms with van der Waals surface area (Å²) in [6.07, 6.45) is 4.14. The second-order valence-corrected chi connectivity index (χ2v) is 6.95. The summed E-state index contributed by atoms with van der Waals surface area (Å²) in [5.74, 6) is 2.43. The molecule has 4 unspecified atom stereocenters. The highest BCUT2D eigenvalue weighted by Gasteiger charge is 2.56. The van der Waals surface area contributed by atoms with Crippen molar-refractivity contribution in [2.24, 2.45) is 11.8 Å². The number of aryl methyl sites for hydroxylation is 1. The van der Waals surface area contributed by atoms with Gasteiger partial charge < -0.3 is 10.1 Å². The molecule has 0 heterocycles. The van der Waals surface area contributed by atoms with Gasteiger partial charge in [-0.1, -0.05) is 31.2 Å². The predicted molar refractivity (Wildman–Crippen MR) is 87.7 cm³/mol. The van der Waals surface area contributed by atoms with Crippen molar-refractivity contribution in [1.82, 2.24) is 5.32 Å². The van der Waals surface area contributed by atoms with Crippen LogP contribution in [0.4, 0.5) is 0 Å². The fourth-order valence-corrected chi connectivity index (χ4v) is 4.10. The molecule has 1 fully saturated rings. The maximum absolute atomic E-state index is 5.93. The van der Waals surface area contributed by atoms with E-state index in [-0.39, 0.29) is 0 Å². The Morgan fingerprint density at radius 1 is 1.29 bits per heavy atom. The molecule has 1 aromatic carbocycles. The molecule has 0 aliphatic heterocycles. The molecule has 4 atom stereocenters. The van der Waals surface area contributed by atoms with Crippen LogP contribution in [0.3, 0.4) is 0 Å². The normalized spacial score (nSPS) is 28.1. The second kappa shape index (κ2) is 6.50. The van der Waals surface area contributed by atoms with Gasteiger partial charge in [0.15, 0.2) is 0 Å². The van der Waals surface area contributed by atoms with Gasteiger partial charge >= 0.3 is 0 Å². The van der Waals surface area contributed by atoms with Gasteiger partial charge in [0.2, 0.25) is 0 Å². The number of nitrogens with one attached hydrogen (secondary N) is 1. The van der Waals surface area contributed by atoms with Crippen LogP contribution in [0, 0.1) is 11.8 Å². The maximum Gasteiger partial charge on any atom is 0.0626 e. The minimum absolute atomic E-state index is 0.323. The first-order chi connectivity index (χ1) is 10.2. The van der Waals surface area contributed by atoms with E-state index in [1.54, 1.807) is 11.1 Å². The smallest absolute Gasteiger partial charge is 0.0626 e. The van der Waals surface area contributed by atoms with Crippen molar-refractivity contribution in [3.05, 3.63) is 35.4 Å². The van der Waals surface area contributed by atoms with E-state index in [0.29, 0.717) is 12.1 Å². The number of hydrogen-bond acceptors (Lipinski definition) is 2. The summed E-state index contributed by atoms with van der Waals surface area (Å²) < 4.78 is 5.93. The number of rotatable bonds is 7. The molecule has 0 spiro atoms. The molecule has 21 heavy (non-hydrogen) atoms. The molecule has 0 radical (unpaired) electrons. The lowest BCUT2D eigenvalue weighted by molar-refractivity contribution is 0.0554. The van der Waals surface area contributed by atoms with Gasteiger partial charge in [-0.15, -0.1) is 0 Å². The van der Waals surface area contributed by atoms with Gasteiger partial charge in [-0.25, -0.2) is 0 Å². The van der Waals surface area contributed by atoms with Gasteiger partial charge in [0.25, 0.3) is 0 Å². The van der Waals surface area contributed by atoms with Crippen LogP contribution in [0.1, 0.15) is 50.7 Å². The molecule has 2 aliphatic rings. The van der Waals surface area contributed by atoms with Crippen molar-refractivity contribution in [2.75, 3.05) is 13.2 Å². The number of ether oxygens (including phenoxy) is 1. The van der Waals surface area contributed by atoms with Crippen LogP contribution in [0.5, 0.6) is 0 Å². The topological polar surface area (TPSA) is 21.3 Å². The van der Waals surface area contributed by atoms with E-state index in [4.69, 9.17) is 4.74 Å². The Morgan fingerprint density at radius 3 is 2.86 bits per heavy atom. The van der Waals surface area contributed by atoms with E-state index >= 15 is 0 Å². The molecule has 0 saturated heterocycles. The lowest BCUT2D eigenvalue weighted by Gasteiger charge is -2.20. The summed E-state index contributed by atoms with van der Waals surface area (Å²) in [6.45, 7) is 8.46. The lowest BCUT2D eigenvalue weighted by atomic mass is 9.92. The first-order valence-corrected chi connectivity index (χ1v) is 8.65. The largest absolute Gasteiger partial charge is 0.377 e. The molecule has 1 aromatic rings. The third-order valence-corrected chi connectivity index (χ3v) is 5.12. The lowest BCUT2D eigenvalue weighted by Crippen LogP contribution is -2.37. The van der Waals surface area contributed by atoms with Crippen LogP contribution >= 0.6 is 0 Å². The standard InChI is InChI=1S/C19H29NO/c1-4-11-20-17(12-21-13(2)3)19-16-10-9-14-7-5-6-8-15(14)18(16)19/h5-8,13,16-20H,4,9-12H2,1-3H3. The Hall–Kier alpha value is -0.860. The van der Waals surface area contributed by atoms with Gasteiger partial charge in [0.05, 0.1) is 12.7 Å². The quantitative estimate of drug-likeness (QED) is 0.824. The first kappa shape index (κ1) is 15.1. The molecule has 2 aliphatic carbocycles. The van der Waals surface area contributed by atoms with Crippen LogP contribution in [0.15, 0.2) is 24.3 Å². The van der Waals surface area contributed by atoms with E-state index < -0.39 is 0 Å². The zero-order valence-corrected chi connectivity index (χ0v) is 13.6. The minimum atomic E-state index is 0.323.